The quantitative estimate of drug-likeness (QED) is 0.123. The van der Waals surface area contributed by atoms with E-state index in [1.54, 1.807) is 12.3 Å². The van der Waals surface area contributed by atoms with E-state index in [0.717, 1.165) is 88.7 Å². The topological polar surface area (TPSA) is 289 Å². The molecule has 2 aliphatic carbocycles. The zero-order valence-corrected chi connectivity index (χ0v) is 48.9. The molecule has 12 aromatic rings. The summed E-state index contributed by atoms with van der Waals surface area (Å²) in [7, 11) is 0. The second kappa shape index (κ2) is 22.7. The Morgan fingerprint density at radius 3 is 1.46 bits per heavy atom. The van der Waals surface area contributed by atoms with Crippen molar-refractivity contribution in [2.75, 3.05) is 0 Å². The summed E-state index contributed by atoms with van der Waals surface area (Å²) in [6.07, 6.45) is 15.6. The second-order valence-corrected chi connectivity index (χ2v) is 22.0. The van der Waals surface area contributed by atoms with Gasteiger partial charge in [0.1, 0.15) is 16.6 Å². The summed E-state index contributed by atoms with van der Waals surface area (Å²) in [6, 6.07) is 6.51. The van der Waals surface area contributed by atoms with Crippen LogP contribution in [0.5, 0.6) is 0 Å². The van der Waals surface area contributed by atoms with E-state index in [1.807, 2.05) is 0 Å². The molecule has 0 aliphatic heterocycles. The lowest BCUT2D eigenvalue weighted by atomic mass is 10.2. The van der Waals surface area contributed by atoms with E-state index in [0.29, 0.717) is 21.2 Å². The monoisotopic (exact) mass is 1270 g/mol. The van der Waals surface area contributed by atoms with Crippen molar-refractivity contribution in [3.63, 3.8) is 0 Å². The molecule has 94 heavy (non-hydrogen) atoms. The number of benzene rings is 3. The molecule has 26 nitrogen and oxygen atoms in total. The van der Waals surface area contributed by atoms with E-state index >= 15 is 0 Å². The lowest BCUT2D eigenvalue weighted by Crippen LogP contribution is -2.43. The molecule has 0 spiro atoms. The maximum atomic E-state index is 14.9. The van der Waals surface area contributed by atoms with Crippen LogP contribution in [0.15, 0.2) is 108 Å². The first-order valence-electron chi connectivity index (χ1n) is 28.5. The van der Waals surface area contributed by atoms with Crippen molar-refractivity contribution in [2.45, 2.75) is 77.9 Å². The largest absolute Gasteiger partial charge is 0.338 e. The Morgan fingerprint density at radius 1 is 0.500 bits per heavy atom. The number of pyridine rings is 1. The van der Waals surface area contributed by atoms with Gasteiger partial charge in [-0.05, 0) is 57.6 Å². The van der Waals surface area contributed by atoms with Crippen LogP contribution in [-0.2, 0) is 26.1 Å². The van der Waals surface area contributed by atoms with E-state index in [-0.39, 0.29) is 122 Å². The number of nitrogens with zero attached hydrogens (tertiary/aromatic N) is 20. The molecule has 2 unspecified atom stereocenters. The van der Waals surface area contributed by atoms with E-state index < -0.39 is 80.5 Å². The lowest BCUT2D eigenvalue weighted by molar-refractivity contribution is 0.510. The predicted molar refractivity (Wildman–Crippen MR) is 320 cm³/mol. The number of fused-ring (bicyclic) bond motifs is 3. The van der Waals surface area contributed by atoms with Gasteiger partial charge in [0.25, 0.3) is 16.7 Å². The van der Waals surface area contributed by atoms with Crippen LogP contribution in [0.3, 0.4) is 0 Å². The van der Waals surface area contributed by atoms with Crippen LogP contribution in [0.1, 0.15) is 65.1 Å². The van der Waals surface area contributed by atoms with Crippen LogP contribution in [0.4, 0.5) is 26.3 Å². The molecule has 9 aromatic heterocycles. The van der Waals surface area contributed by atoms with Crippen LogP contribution in [0.25, 0.3) is 67.5 Å². The van der Waals surface area contributed by atoms with Crippen molar-refractivity contribution in [3.05, 3.63) is 211 Å². The van der Waals surface area contributed by atoms with Crippen molar-refractivity contribution in [1.82, 2.24) is 97.3 Å². The van der Waals surface area contributed by atoms with Crippen molar-refractivity contribution in [3.8, 4) is 70.4 Å². The highest BCUT2D eigenvalue weighted by atomic mass is 19.2. The lowest BCUT2D eigenvalue weighted by Gasteiger charge is -2.16. The van der Waals surface area contributed by atoms with Crippen LogP contribution in [0, 0.1) is 97.6 Å². The first kappa shape index (κ1) is 59.1. The number of aromatic nitrogens is 20. The number of rotatable bonds is 12. The molecule has 2 saturated carbocycles. The Bertz CT molecular complexity index is 5870. The first-order chi connectivity index (χ1) is 45.3. The number of hydrogen-bond donors (Lipinski definition) is 0. The molecule has 2 aliphatic rings. The fraction of sp³-hybridized carbons (Fsp3) is 0.210. The molecule has 0 saturated heterocycles. The summed E-state index contributed by atoms with van der Waals surface area (Å²) in [5.74, 6) is 5.70. The third-order valence-electron chi connectivity index (χ3n) is 16.2. The Kier molecular flexibility index (Phi) is 14.3. The molecule has 14 rings (SSSR count). The van der Waals surface area contributed by atoms with Gasteiger partial charge in [0.2, 0.25) is 0 Å². The van der Waals surface area contributed by atoms with Gasteiger partial charge in [-0.15, -0.1) is 21.7 Å². The fourth-order valence-corrected chi connectivity index (χ4v) is 11.2. The maximum Gasteiger partial charge on any atom is 0.338 e. The Labute approximate surface area is 520 Å². The van der Waals surface area contributed by atoms with E-state index in [4.69, 9.17) is 6.42 Å². The smallest absolute Gasteiger partial charge is 0.284 e. The van der Waals surface area contributed by atoms with Crippen LogP contribution >= 0.6 is 0 Å². The second-order valence-electron chi connectivity index (χ2n) is 22.0. The van der Waals surface area contributed by atoms with Crippen molar-refractivity contribution in [1.29, 1.82) is 0 Å². The average molecular weight is 1280 g/mol. The van der Waals surface area contributed by atoms with Crippen LogP contribution in [0.2, 0.25) is 0 Å². The number of terminal acetylenes is 1. The van der Waals surface area contributed by atoms with Crippen molar-refractivity contribution >= 4 is 33.1 Å². The van der Waals surface area contributed by atoms with Crippen molar-refractivity contribution < 1.29 is 26.3 Å². The summed E-state index contributed by atoms with van der Waals surface area (Å²) in [6.45, 7) is 3.23. The van der Waals surface area contributed by atoms with Crippen LogP contribution < -0.4 is 33.7 Å². The molecule has 32 heteroatoms. The van der Waals surface area contributed by atoms with E-state index in [1.165, 1.54) is 50.1 Å². The SMILES string of the molecule is C#CCn1c(C)c(-n2nnc3cc(F)c(F)cc32)c(=O)n(-c2cncc(C3CC3C#CCn3c(C)c(-n4nnc5cc(F)c(F)cc54)c(=O)n(-c4cncc(CC#CCn5c(C)c(-n6nnc7cc(F)c(F)cc76)c(=O)n(-c6cncc(C7CC7)c6)c5=O)n4)c3=O)n2)c1=O. The average Bonchev–Trinajstić information content (AvgIpc) is 1.13. The molecule has 2 fully saturated rings. The summed E-state index contributed by atoms with van der Waals surface area (Å²) < 4.78 is 95.7. The zero-order chi connectivity index (χ0) is 65.7. The predicted octanol–water partition coefficient (Wildman–Crippen LogP) is 4.12. The molecule has 3 aromatic carbocycles. The summed E-state index contributed by atoms with van der Waals surface area (Å²) >= 11 is 0. The normalized spacial score (nSPS) is 14.3. The minimum absolute atomic E-state index is 0.0301. The molecule has 2 atom stereocenters. The Hall–Kier alpha value is -12.5. The maximum absolute atomic E-state index is 14.9. The van der Waals surface area contributed by atoms with Gasteiger partial charge < -0.3 is 0 Å². The van der Waals surface area contributed by atoms with Crippen LogP contribution in [-0.4, -0.2) is 97.3 Å². The highest BCUT2D eigenvalue weighted by Gasteiger charge is 2.39. The minimum Gasteiger partial charge on any atom is -0.284 e. The standard InChI is InChI=1S/C62H40F6N20O6/c1-5-13-80-30(2)55(87-50-22-43(67)40(64)19-46(50)75-78-87)59(91)85(61(80)93)53-29-71-27-48(73-53)38-17-34(38)9-8-15-82-32(4)56(88-51-23-44(68)41(65)20-47(51)76-79-88)58(90)84(62(82)94)52-28-70-25-36(72-52)10-6-7-14-81-31(3)54(86-49-21-42(66)39(63)18-45(49)74-77-86)57(89)83(60(81)92)37-16-35(24-69-26-37)33-11-12-33/h1,16,18-29,33-34,38H,10-15,17H2,2-4H3. The highest BCUT2D eigenvalue weighted by molar-refractivity contribution is 5.78. The molecular weight excluding hydrogens is 1230 g/mol. The molecule has 0 bridgehead atoms. The van der Waals surface area contributed by atoms with Gasteiger partial charge in [0.15, 0.2) is 63.6 Å². The highest BCUT2D eigenvalue weighted by Crippen LogP contribution is 2.46. The first-order valence-corrected chi connectivity index (χ1v) is 28.5. The third-order valence-corrected chi connectivity index (χ3v) is 16.2. The number of hydrogen-bond acceptors (Lipinski definition) is 17. The molecule has 9 heterocycles. The summed E-state index contributed by atoms with van der Waals surface area (Å²) in [5, 5.41) is 23.8. The minimum atomic E-state index is -1.28. The van der Waals surface area contributed by atoms with Gasteiger partial charge in [-0.1, -0.05) is 45.2 Å². The Morgan fingerprint density at radius 2 is 0.947 bits per heavy atom. The van der Waals surface area contributed by atoms with Crippen molar-refractivity contribution in [2.24, 2.45) is 5.92 Å². The molecular formula is C62H40F6N20O6. The van der Waals surface area contributed by atoms with Gasteiger partial charge >= 0.3 is 17.1 Å². The van der Waals surface area contributed by atoms with Gasteiger partial charge in [-0.25, -0.2) is 78.4 Å². The molecule has 0 amide bonds. The summed E-state index contributed by atoms with van der Waals surface area (Å²) in [4.78, 5) is 109. The third kappa shape index (κ3) is 9.98. The van der Waals surface area contributed by atoms with Gasteiger partial charge in [-0.2, -0.15) is 0 Å². The Balaban J connectivity index is 0.786. The number of halogens is 6. The molecule has 466 valence electrons. The summed E-state index contributed by atoms with van der Waals surface area (Å²) in [5.41, 5.74) is -5.50. The van der Waals surface area contributed by atoms with Gasteiger partial charge in [0.05, 0.1) is 95.4 Å². The fourth-order valence-electron chi connectivity index (χ4n) is 11.2. The van der Waals surface area contributed by atoms with Gasteiger partial charge in [-0.3, -0.25) is 43.0 Å². The van der Waals surface area contributed by atoms with Gasteiger partial charge in [0, 0.05) is 66.8 Å². The zero-order valence-electron chi connectivity index (χ0n) is 48.9. The van der Waals surface area contributed by atoms with E-state index in [9.17, 15) is 55.1 Å². The van der Waals surface area contributed by atoms with E-state index in [2.05, 4.69) is 85.5 Å². The molecule has 0 radical (unpaired) electrons. The molecule has 0 N–H and O–H groups in total.